The van der Waals surface area contributed by atoms with E-state index in [1.165, 1.54) is 6.33 Å². The molecule has 6 heteroatoms. The zero-order valence-electron chi connectivity index (χ0n) is 11.6. The molecule has 5 nitrogen and oxygen atoms in total. The Morgan fingerprint density at radius 2 is 2.00 bits per heavy atom. The van der Waals surface area contributed by atoms with Gasteiger partial charge in [0.1, 0.15) is 12.0 Å². The van der Waals surface area contributed by atoms with E-state index < -0.39 is 0 Å². The van der Waals surface area contributed by atoms with Crippen LogP contribution in [0, 0.1) is 6.92 Å². The van der Waals surface area contributed by atoms with Gasteiger partial charge in [-0.2, -0.15) is 0 Å². The average Bonchev–Trinajstić information content (AvgIpc) is 2.44. The molecule has 0 saturated carbocycles. The van der Waals surface area contributed by atoms with Crippen LogP contribution in [0.5, 0.6) is 0 Å². The number of aromatic nitrogens is 2. The summed E-state index contributed by atoms with van der Waals surface area (Å²) < 4.78 is 0. The maximum atomic E-state index is 6.10. The van der Waals surface area contributed by atoms with Crippen molar-refractivity contribution in [2.75, 3.05) is 22.9 Å². The highest BCUT2D eigenvalue weighted by Crippen LogP contribution is 2.29. The number of nitrogens with two attached hydrogens (primary N) is 1. The van der Waals surface area contributed by atoms with Crippen LogP contribution < -0.4 is 16.4 Å². The number of rotatable bonds is 5. The fourth-order valence-corrected chi connectivity index (χ4v) is 1.92. The molecule has 0 radical (unpaired) electrons. The van der Waals surface area contributed by atoms with Crippen molar-refractivity contribution in [2.45, 2.75) is 20.3 Å². The number of hydrogen-bond acceptors (Lipinski definition) is 5. The van der Waals surface area contributed by atoms with Crippen LogP contribution in [0.25, 0.3) is 0 Å². The third kappa shape index (κ3) is 3.11. The summed E-state index contributed by atoms with van der Waals surface area (Å²) in [5.74, 6) is 1.22. The van der Waals surface area contributed by atoms with E-state index in [-0.39, 0.29) is 0 Å². The Labute approximate surface area is 123 Å². The molecule has 0 saturated heterocycles. The van der Waals surface area contributed by atoms with E-state index in [1.54, 1.807) is 0 Å². The smallest absolute Gasteiger partial charge is 0.159 e. The molecule has 0 aliphatic carbocycles. The summed E-state index contributed by atoms with van der Waals surface area (Å²) in [5, 5.41) is 7.07. The number of nitrogens with zero attached hydrogens (tertiary/aromatic N) is 2. The van der Waals surface area contributed by atoms with Gasteiger partial charge in [0.2, 0.25) is 0 Å². The lowest BCUT2D eigenvalue weighted by Crippen LogP contribution is -2.08. The summed E-state index contributed by atoms with van der Waals surface area (Å²) in [7, 11) is 0. The highest BCUT2D eigenvalue weighted by molar-refractivity contribution is 6.31. The van der Waals surface area contributed by atoms with E-state index in [2.05, 4.69) is 27.5 Å². The molecule has 0 atom stereocenters. The van der Waals surface area contributed by atoms with Crippen molar-refractivity contribution in [2.24, 2.45) is 0 Å². The number of benzene rings is 1. The van der Waals surface area contributed by atoms with Crippen LogP contribution in [0.2, 0.25) is 5.02 Å². The topological polar surface area (TPSA) is 75.9 Å². The van der Waals surface area contributed by atoms with Gasteiger partial charge in [-0.15, -0.1) is 0 Å². The Bertz CT molecular complexity index is 600. The summed E-state index contributed by atoms with van der Waals surface area (Å²) in [6.07, 6.45) is 2.48. The van der Waals surface area contributed by atoms with Crippen molar-refractivity contribution < 1.29 is 0 Å². The highest BCUT2D eigenvalue weighted by Gasteiger charge is 2.09. The van der Waals surface area contributed by atoms with Crippen molar-refractivity contribution in [3.05, 3.63) is 35.1 Å². The average molecular weight is 292 g/mol. The lowest BCUT2D eigenvalue weighted by molar-refractivity contribution is 0.966. The fourth-order valence-electron chi connectivity index (χ4n) is 1.75. The van der Waals surface area contributed by atoms with Gasteiger partial charge < -0.3 is 16.4 Å². The zero-order chi connectivity index (χ0) is 14.5. The minimum Gasteiger partial charge on any atom is -0.393 e. The third-order valence-electron chi connectivity index (χ3n) is 2.95. The molecule has 4 N–H and O–H groups in total. The van der Waals surface area contributed by atoms with Gasteiger partial charge in [0, 0.05) is 17.3 Å². The number of anilines is 4. The Balaban J connectivity index is 2.27. The molecule has 1 aromatic carbocycles. The van der Waals surface area contributed by atoms with Crippen LogP contribution in [0.4, 0.5) is 23.0 Å². The third-order valence-corrected chi connectivity index (χ3v) is 3.36. The van der Waals surface area contributed by atoms with E-state index in [0.717, 1.165) is 24.2 Å². The molecule has 106 valence electrons. The van der Waals surface area contributed by atoms with Gasteiger partial charge in [-0.3, -0.25) is 0 Å². The van der Waals surface area contributed by atoms with Crippen molar-refractivity contribution in [3.8, 4) is 0 Å². The van der Waals surface area contributed by atoms with E-state index in [1.807, 2.05) is 25.1 Å². The largest absolute Gasteiger partial charge is 0.393 e. The molecule has 0 aliphatic heterocycles. The van der Waals surface area contributed by atoms with Crippen LogP contribution in [-0.2, 0) is 0 Å². The second-order valence-electron chi connectivity index (χ2n) is 4.45. The summed E-state index contributed by atoms with van der Waals surface area (Å²) in [5.41, 5.74) is 8.41. The predicted octanol–water partition coefficient (Wildman–Crippen LogP) is 3.59. The van der Waals surface area contributed by atoms with Gasteiger partial charge in [-0.25, -0.2) is 9.97 Å². The van der Waals surface area contributed by atoms with Crippen molar-refractivity contribution in [1.82, 2.24) is 9.97 Å². The normalized spacial score (nSPS) is 10.3. The first-order valence-corrected chi connectivity index (χ1v) is 6.87. The van der Waals surface area contributed by atoms with Crippen LogP contribution in [0.3, 0.4) is 0 Å². The summed E-state index contributed by atoms with van der Waals surface area (Å²) in [6.45, 7) is 4.84. The second kappa shape index (κ2) is 6.43. The van der Waals surface area contributed by atoms with Gasteiger partial charge in [0.25, 0.3) is 0 Å². The van der Waals surface area contributed by atoms with E-state index >= 15 is 0 Å². The van der Waals surface area contributed by atoms with Crippen LogP contribution in [0.15, 0.2) is 24.5 Å². The maximum Gasteiger partial charge on any atom is 0.159 e. The van der Waals surface area contributed by atoms with E-state index in [9.17, 15) is 0 Å². The number of nitrogen functional groups attached to an aromatic ring is 1. The Morgan fingerprint density at radius 1 is 1.25 bits per heavy atom. The van der Waals surface area contributed by atoms with Crippen molar-refractivity contribution in [1.29, 1.82) is 0 Å². The van der Waals surface area contributed by atoms with Crippen LogP contribution in [-0.4, -0.2) is 16.5 Å². The number of nitrogens with one attached hydrogen (secondary N) is 2. The molecule has 0 unspecified atom stereocenters. The highest BCUT2D eigenvalue weighted by atomic mass is 35.5. The fraction of sp³-hybridized carbons (Fsp3) is 0.286. The predicted molar refractivity (Wildman–Crippen MR) is 84.7 cm³/mol. The molecule has 2 aromatic rings. The van der Waals surface area contributed by atoms with Crippen LogP contribution >= 0.6 is 11.6 Å². The second-order valence-corrected chi connectivity index (χ2v) is 4.86. The van der Waals surface area contributed by atoms with Gasteiger partial charge in [0.05, 0.1) is 0 Å². The van der Waals surface area contributed by atoms with Crippen molar-refractivity contribution >= 4 is 34.6 Å². The molecule has 0 amide bonds. The van der Waals surface area contributed by atoms with E-state index in [0.29, 0.717) is 22.3 Å². The van der Waals surface area contributed by atoms with Gasteiger partial charge in [0.15, 0.2) is 11.6 Å². The van der Waals surface area contributed by atoms with Crippen LogP contribution in [0.1, 0.15) is 18.9 Å². The molecule has 0 fully saturated rings. The lowest BCUT2D eigenvalue weighted by Gasteiger charge is -2.14. The maximum absolute atomic E-state index is 6.10. The molecule has 1 heterocycles. The first kappa shape index (κ1) is 14.4. The first-order chi connectivity index (χ1) is 9.63. The monoisotopic (exact) mass is 291 g/mol. The minimum absolute atomic E-state index is 0.500. The Hall–Kier alpha value is -2.01. The SMILES string of the molecule is CCCNc1ncnc(Nc2cccc(Cl)c2C)c1N. The molecular weight excluding hydrogens is 274 g/mol. The summed E-state index contributed by atoms with van der Waals surface area (Å²) >= 11 is 6.10. The van der Waals surface area contributed by atoms with Gasteiger partial charge in [-0.1, -0.05) is 24.6 Å². The minimum atomic E-state index is 0.500. The molecule has 0 aliphatic rings. The molecule has 20 heavy (non-hydrogen) atoms. The quantitative estimate of drug-likeness (QED) is 0.785. The van der Waals surface area contributed by atoms with Gasteiger partial charge in [-0.05, 0) is 31.0 Å². The van der Waals surface area contributed by atoms with E-state index in [4.69, 9.17) is 17.3 Å². The standard InChI is InChI=1S/C14H18ClN5/c1-3-7-17-13-12(16)14(19-8-18-13)20-11-6-4-5-10(15)9(11)2/h4-6,8H,3,7,16H2,1-2H3,(H2,17,18,19,20). The molecule has 0 bridgehead atoms. The first-order valence-electron chi connectivity index (χ1n) is 6.50. The summed E-state index contributed by atoms with van der Waals surface area (Å²) in [6, 6.07) is 5.66. The Kier molecular flexibility index (Phi) is 4.63. The molecule has 1 aromatic heterocycles. The molecule has 0 spiro atoms. The van der Waals surface area contributed by atoms with Gasteiger partial charge >= 0.3 is 0 Å². The van der Waals surface area contributed by atoms with Crippen molar-refractivity contribution in [3.63, 3.8) is 0 Å². The zero-order valence-corrected chi connectivity index (χ0v) is 12.3. The molecule has 2 rings (SSSR count). The molecular formula is C14H18ClN5. The number of halogens is 1. The lowest BCUT2D eigenvalue weighted by atomic mass is 10.2. The number of hydrogen-bond donors (Lipinski definition) is 3. The Morgan fingerprint density at radius 3 is 2.75 bits per heavy atom. The summed E-state index contributed by atoms with van der Waals surface area (Å²) in [4.78, 5) is 8.33.